The average molecular weight is 293 g/mol. The third-order valence-electron chi connectivity index (χ3n) is 2.69. The van der Waals surface area contributed by atoms with Crippen LogP contribution >= 0.6 is 0 Å². The topological polar surface area (TPSA) is 145 Å². The molecule has 0 aliphatic heterocycles. The van der Waals surface area contributed by atoms with Crippen LogP contribution in [0.4, 0.5) is 11.4 Å². The van der Waals surface area contributed by atoms with Crippen LogP contribution in [0.1, 0.15) is 5.56 Å². The molecule has 8 nitrogen and oxygen atoms in total. The van der Waals surface area contributed by atoms with Gasteiger partial charge in [-0.05, 0) is 24.6 Å². The molecule has 0 aromatic heterocycles. The Balaban J connectivity index is 2.66. The fourth-order valence-electron chi connectivity index (χ4n) is 1.73. The molecule has 0 aliphatic carbocycles. The van der Waals surface area contributed by atoms with E-state index in [2.05, 4.69) is 5.32 Å². The molecule has 0 fully saturated rings. The number of rotatable bonds is 7. The van der Waals surface area contributed by atoms with Crippen molar-refractivity contribution in [2.45, 2.75) is 6.92 Å². The molecule has 8 heteroatoms. The van der Waals surface area contributed by atoms with Crippen LogP contribution in [0.3, 0.4) is 0 Å². The highest BCUT2D eigenvalue weighted by molar-refractivity contribution is 5.93. The summed E-state index contributed by atoms with van der Waals surface area (Å²) in [6.07, 6.45) is 0. The summed E-state index contributed by atoms with van der Waals surface area (Å²) in [6, 6.07) is 5.10. The summed E-state index contributed by atoms with van der Waals surface area (Å²) in [4.78, 5) is 34.9. The maximum atomic E-state index is 11.9. The molecule has 0 aliphatic rings. The van der Waals surface area contributed by atoms with Gasteiger partial charge in [0, 0.05) is 11.4 Å². The normalized spacial score (nSPS) is 10.4. The maximum Gasteiger partial charge on any atom is 0.238 e. The fourth-order valence-corrected chi connectivity index (χ4v) is 1.73. The summed E-state index contributed by atoms with van der Waals surface area (Å²) in [7, 11) is 0. The van der Waals surface area contributed by atoms with Gasteiger partial charge < -0.3 is 22.5 Å². The van der Waals surface area contributed by atoms with Gasteiger partial charge in [-0.2, -0.15) is 0 Å². The van der Waals surface area contributed by atoms with Crippen LogP contribution in [0.2, 0.25) is 0 Å². The van der Waals surface area contributed by atoms with Crippen LogP contribution in [0.15, 0.2) is 18.2 Å². The Morgan fingerprint density at radius 2 is 1.67 bits per heavy atom. The number of hydrogen-bond donors (Lipinski definition) is 4. The number of nitrogen functional groups attached to an aromatic ring is 1. The molecule has 114 valence electrons. The van der Waals surface area contributed by atoms with E-state index in [0.717, 1.165) is 5.56 Å². The van der Waals surface area contributed by atoms with E-state index < -0.39 is 17.7 Å². The second kappa shape index (κ2) is 7.25. The number of nitrogens with one attached hydrogen (secondary N) is 1. The SMILES string of the molecule is Cc1ccc(NC(=O)CN(CC(N)=O)CC(N)=O)cc1N. The lowest BCUT2D eigenvalue weighted by Gasteiger charge is -2.18. The lowest BCUT2D eigenvalue weighted by Crippen LogP contribution is -2.43. The lowest BCUT2D eigenvalue weighted by atomic mass is 10.2. The monoisotopic (exact) mass is 293 g/mol. The number of carbonyl (C=O) groups is 3. The molecule has 1 rings (SSSR count). The largest absolute Gasteiger partial charge is 0.398 e. The molecule has 0 bridgehead atoms. The predicted octanol–water partition coefficient (Wildman–Crippen LogP) is -1.21. The molecule has 7 N–H and O–H groups in total. The molecule has 0 radical (unpaired) electrons. The van der Waals surface area contributed by atoms with Gasteiger partial charge in [0.1, 0.15) is 0 Å². The molecular weight excluding hydrogens is 274 g/mol. The van der Waals surface area contributed by atoms with Gasteiger partial charge >= 0.3 is 0 Å². The van der Waals surface area contributed by atoms with Crippen LogP contribution in [-0.2, 0) is 14.4 Å². The van der Waals surface area contributed by atoms with Crippen molar-refractivity contribution in [3.63, 3.8) is 0 Å². The molecule has 0 saturated carbocycles. The Hall–Kier alpha value is -2.61. The zero-order chi connectivity index (χ0) is 16.0. The maximum absolute atomic E-state index is 11.9. The molecule has 21 heavy (non-hydrogen) atoms. The van der Waals surface area contributed by atoms with Gasteiger partial charge in [-0.15, -0.1) is 0 Å². The summed E-state index contributed by atoms with van der Waals surface area (Å²) in [5.41, 5.74) is 17.8. The Labute approximate surface area is 122 Å². The summed E-state index contributed by atoms with van der Waals surface area (Å²) >= 11 is 0. The van der Waals surface area contributed by atoms with Crippen molar-refractivity contribution in [1.82, 2.24) is 4.90 Å². The number of benzene rings is 1. The lowest BCUT2D eigenvalue weighted by molar-refractivity contribution is -0.123. The van der Waals surface area contributed by atoms with Crippen molar-refractivity contribution < 1.29 is 14.4 Å². The highest BCUT2D eigenvalue weighted by Gasteiger charge is 2.15. The van der Waals surface area contributed by atoms with Crippen molar-refractivity contribution in [2.75, 3.05) is 30.7 Å². The number of carbonyl (C=O) groups excluding carboxylic acids is 3. The number of nitrogens with two attached hydrogens (primary N) is 3. The van der Waals surface area contributed by atoms with Crippen LogP contribution in [0.5, 0.6) is 0 Å². The van der Waals surface area contributed by atoms with Crippen molar-refractivity contribution in [3.05, 3.63) is 23.8 Å². The van der Waals surface area contributed by atoms with Gasteiger partial charge in [0.2, 0.25) is 17.7 Å². The second-order valence-corrected chi connectivity index (χ2v) is 4.70. The first-order valence-electron chi connectivity index (χ1n) is 6.23. The van der Waals surface area contributed by atoms with E-state index in [1.165, 1.54) is 4.90 Å². The van der Waals surface area contributed by atoms with E-state index in [9.17, 15) is 14.4 Å². The Bertz CT molecular complexity index is 543. The zero-order valence-electron chi connectivity index (χ0n) is 11.8. The van der Waals surface area contributed by atoms with Gasteiger partial charge in [-0.1, -0.05) is 6.07 Å². The third kappa shape index (κ3) is 5.91. The summed E-state index contributed by atoms with van der Waals surface area (Å²) < 4.78 is 0. The number of amides is 3. The molecule has 0 spiro atoms. The second-order valence-electron chi connectivity index (χ2n) is 4.70. The van der Waals surface area contributed by atoms with E-state index in [-0.39, 0.29) is 19.6 Å². The quantitative estimate of drug-likeness (QED) is 0.466. The van der Waals surface area contributed by atoms with Crippen LogP contribution in [-0.4, -0.2) is 42.3 Å². The van der Waals surface area contributed by atoms with Gasteiger partial charge in [0.05, 0.1) is 19.6 Å². The van der Waals surface area contributed by atoms with Crippen LogP contribution < -0.4 is 22.5 Å². The molecule has 1 aromatic carbocycles. The molecule has 3 amide bonds. The van der Waals surface area contributed by atoms with E-state index in [1.54, 1.807) is 18.2 Å². The molecule has 0 heterocycles. The van der Waals surface area contributed by atoms with Crippen molar-refractivity contribution in [3.8, 4) is 0 Å². The van der Waals surface area contributed by atoms with Gasteiger partial charge in [0.25, 0.3) is 0 Å². The summed E-state index contributed by atoms with van der Waals surface area (Å²) in [5.74, 6) is -1.70. The molecule has 0 unspecified atom stereocenters. The zero-order valence-corrected chi connectivity index (χ0v) is 11.8. The van der Waals surface area contributed by atoms with E-state index in [0.29, 0.717) is 11.4 Å². The minimum absolute atomic E-state index is 0.181. The highest BCUT2D eigenvalue weighted by atomic mass is 16.2. The predicted molar refractivity (Wildman–Crippen MR) is 79.0 cm³/mol. The highest BCUT2D eigenvalue weighted by Crippen LogP contribution is 2.16. The summed E-state index contributed by atoms with van der Waals surface area (Å²) in [6.45, 7) is 1.21. The Kier molecular flexibility index (Phi) is 5.67. The number of anilines is 2. The molecular formula is C13H19N5O3. The van der Waals surface area contributed by atoms with Crippen molar-refractivity contribution in [2.24, 2.45) is 11.5 Å². The van der Waals surface area contributed by atoms with E-state index in [1.807, 2.05) is 6.92 Å². The molecule has 0 saturated heterocycles. The Morgan fingerprint density at radius 1 is 1.10 bits per heavy atom. The van der Waals surface area contributed by atoms with Gasteiger partial charge in [0.15, 0.2) is 0 Å². The van der Waals surface area contributed by atoms with Crippen molar-refractivity contribution in [1.29, 1.82) is 0 Å². The average Bonchev–Trinajstić information content (AvgIpc) is 2.31. The van der Waals surface area contributed by atoms with E-state index >= 15 is 0 Å². The number of nitrogens with zero attached hydrogens (tertiary/aromatic N) is 1. The van der Waals surface area contributed by atoms with Crippen LogP contribution in [0.25, 0.3) is 0 Å². The van der Waals surface area contributed by atoms with E-state index in [4.69, 9.17) is 17.2 Å². The number of hydrogen-bond acceptors (Lipinski definition) is 5. The first-order valence-corrected chi connectivity index (χ1v) is 6.23. The molecule has 0 atom stereocenters. The smallest absolute Gasteiger partial charge is 0.238 e. The number of primary amides is 2. The fraction of sp³-hybridized carbons (Fsp3) is 0.308. The minimum Gasteiger partial charge on any atom is -0.398 e. The minimum atomic E-state index is -0.649. The summed E-state index contributed by atoms with van der Waals surface area (Å²) in [5, 5.41) is 2.62. The Morgan fingerprint density at radius 3 is 2.14 bits per heavy atom. The van der Waals surface area contributed by atoms with Gasteiger partial charge in [-0.3, -0.25) is 19.3 Å². The first-order chi connectivity index (χ1) is 9.77. The number of aryl methyl sites for hydroxylation is 1. The van der Waals surface area contributed by atoms with Crippen molar-refractivity contribution >= 4 is 29.1 Å². The third-order valence-corrected chi connectivity index (χ3v) is 2.69. The van der Waals surface area contributed by atoms with Crippen LogP contribution in [0, 0.1) is 6.92 Å². The standard InChI is InChI=1S/C13H19N5O3/c1-8-2-3-9(4-10(8)14)17-13(21)7-18(5-11(15)19)6-12(16)20/h2-4H,5-7,14H2,1H3,(H2,15,19)(H2,16,20)(H,17,21). The van der Waals surface area contributed by atoms with Gasteiger partial charge in [-0.25, -0.2) is 0 Å². The molecule has 1 aromatic rings. The first kappa shape index (κ1) is 16.4.